The topological polar surface area (TPSA) is 29.9 Å². The Bertz CT molecular complexity index is 261. The molecule has 3 heteroatoms. The van der Waals surface area contributed by atoms with Gasteiger partial charge in [-0.1, -0.05) is 6.42 Å². The maximum atomic E-state index is 4.41. The molecule has 1 N–H and O–H groups in total. The third-order valence-corrected chi connectivity index (χ3v) is 2.69. The number of nitrogens with one attached hydrogen (secondary N) is 1. The van der Waals surface area contributed by atoms with Crippen LogP contribution >= 0.6 is 0 Å². The summed E-state index contributed by atoms with van der Waals surface area (Å²) in [5.74, 6) is 0. The highest BCUT2D eigenvalue weighted by Gasteiger charge is 2.16. The van der Waals surface area contributed by atoms with Crippen molar-refractivity contribution >= 4 is 0 Å². The third kappa shape index (κ3) is 1.91. The highest BCUT2D eigenvalue weighted by Crippen LogP contribution is 2.20. The molecule has 0 radical (unpaired) electrons. The first-order valence-electron chi connectivity index (χ1n) is 5.15. The van der Waals surface area contributed by atoms with E-state index < -0.39 is 0 Å². The average Bonchev–Trinajstić information content (AvgIpc) is 2.67. The fraction of sp³-hybridized carbons (Fsp3) is 0.700. The Kier molecular flexibility index (Phi) is 2.64. The summed E-state index contributed by atoms with van der Waals surface area (Å²) in [6.45, 7) is 4.29. The normalized spacial score (nSPS) is 23.3. The minimum Gasteiger partial charge on any atom is -0.337 e. The lowest BCUT2D eigenvalue weighted by Crippen LogP contribution is -2.26. The number of hydrogen-bond donors (Lipinski definition) is 1. The minimum atomic E-state index is 0.501. The van der Waals surface area contributed by atoms with E-state index in [0.717, 1.165) is 13.1 Å². The summed E-state index contributed by atoms with van der Waals surface area (Å²) in [4.78, 5) is 4.41. The molecule has 1 aromatic rings. The Morgan fingerprint density at radius 1 is 1.62 bits per heavy atom. The van der Waals surface area contributed by atoms with Gasteiger partial charge >= 0.3 is 0 Å². The number of aryl methyl sites for hydroxylation is 1. The Balaban J connectivity index is 2.05. The first kappa shape index (κ1) is 8.75. The van der Waals surface area contributed by atoms with Gasteiger partial charge in [-0.05, 0) is 26.3 Å². The van der Waals surface area contributed by atoms with Gasteiger partial charge in [0.25, 0.3) is 0 Å². The van der Waals surface area contributed by atoms with Crippen LogP contribution < -0.4 is 5.32 Å². The van der Waals surface area contributed by atoms with E-state index in [1.807, 2.05) is 6.33 Å². The lowest BCUT2D eigenvalue weighted by molar-refractivity contribution is 0.406. The van der Waals surface area contributed by atoms with Crippen LogP contribution in [0, 0.1) is 0 Å². The molecule has 13 heavy (non-hydrogen) atoms. The fourth-order valence-corrected chi connectivity index (χ4v) is 1.83. The standard InChI is InChI=1S/C10H17N3/c1-2-13-7-10(12-8-13)9-5-3-4-6-11-9/h7-9,11H,2-6H2,1H3. The van der Waals surface area contributed by atoms with Crippen LogP contribution in [0.15, 0.2) is 12.5 Å². The molecule has 3 nitrogen and oxygen atoms in total. The maximum absolute atomic E-state index is 4.41. The van der Waals surface area contributed by atoms with Crippen molar-refractivity contribution in [3.8, 4) is 0 Å². The summed E-state index contributed by atoms with van der Waals surface area (Å²) >= 11 is 0. The molecule has 1 aromatic heterocycles. The van der Waals surface area contributed by atoms with Crippen LogP contribution in [0.4, 0.5) is 0 Å². The predicted octanol–water partition coefficient (Wildman–Crippen LogP) is 1.72. The van der Waals surface area contributed by atoms with Gasteiger partial charge in [0.05, 0.1) is 18.1 Å². The number of nitrogens with zero attached hydrogens (tertiary/aromatic N) is 2. The minimum absolute atomic E-state index is 0.501. The van der Waals surface area contributed by atoms with Crippen molar-refractivity contribution in [3.63, 3.8) is 0 Å². The SMILES string of the molecule is CCn1cnc(C2CCCCN2)c1. The van der Waals surface area contributed by atoms with Crippen molar-refractivity contribution in [1.82, 2.24) is 14.9 Å². The highest BCUT2D eigenvalue weighted by molar-refractivity contribution is 5.04. The molecule has 0 spiro atoms. The number of hydrogen-bond acceptors (Lipinski definition) is 2. The molecule has 72 valence electrons. The van der Waals surface area contributed by atoms with Crippen molar-refractivity contribution in [2.45, 2.75) is 38.8 Å². The third-order valence-electron chi connectivity index (χ3n) is 2.69. The molecule has 0 saturated carbocycles. The largest absolute Gasteiger partial charge is 0.337 e. The summed E-state index contributed by atoms with van der Waals surface area (Å²) in [7, 11) is 0. The van der Waals surface area contributed by atoms with E-state index in [9.17, 15) is 0 Å². The second kappa shape index (κ2) is 3.92. The highest BCUT2D eigenvalue weighted by atomic mass is 15.1. The van der Waals surface area contributed by atoms with E-state index in [0.29, 0.717) is 6.04 Å². The van der Waals surface area contributed by atoms with Crippen LogP contribution in [0.1, 0.15) is 37.9 Å². The van der Waals surface area contributed by atoms with Crippen LogP contribution in [0.2, 0.25) is 0 Å². The molecular formula is C10H17N3. The summed E-state index contributed by atoms with van der Waals surface area (Å²) in [5.41, 5.74) is 1.21. The first-order valence-corrected chi connectivity index (χ1v) is 5.15. The average molecular weight is 179 g/mol. The van der Waals surface area contributed by atoms with E-state index >= 15 is 0 Å². The van der Waals surface area contributed by atoms with Crippen molar-refractivity contribution in [2.75, 3.05) is 6.54 Å². The van der Waals surface area contributed by atoms with Crippen LogP contribution in [0.5, 0.6) is 0 Å². The number of aromatic nitrogens is 2. The molecule has 0 aromatic carbocycles. The zero-order chi connectivity index (χ0) is 9.10. The molecule has 1 atom stereocenters. The van der Waals surface area contributed by atoms with E-state index in [1.165, 1.54) is 25.0 Å². The van der Waals surface area contributed by atoms with Crippen molar-refractivity contribution in [2.24, 2.45) is 0 Å². The summed E-state index contributed by atoms with van der Waals surface area (Å²) in [6.07, 6.45) is 7.96. The molecule has 1 fully saturated rings. The summed E-state index contributed by atoms with van der Waals surface area (Å²) < 4.78 is 2.13. The van der Waals surface area contributed by atoms with E-state index in [1.54, 1.807) is 0 Å². The lowest BCUT2D eigenvalue weighted by atomic mass is 10.0. The van der Waals surface area contributed by atoms with Gasteiger partial charge in [0.2, 0.25) is 0 Å². The van der Waals surface area contributed by atoms with E-state index in [2.05, 4.69) is 28.0 Å². The molecule has 0 aliphatic carbocycles. The van der Waals surface area contributed by atoms with Gasteiger partial charge in [-0.15, -0.1) is 0 Å². The molecule has 1 aliphatic rings. The predicted molar refractivity (Wildman–Crippen MR) is 52.5 cm³/mol. The van der Waals surface area contributed by atoms with Gasteiger partial charge in [-0.3, -0.25) is 0 Å². The summed E-state index contributed by atoms with van der Waals surface area (Å²) in [6, 6.07) is 0.501. The quantitative estimate of drug-likeness (QED) is 0.749. The van der Waals surface area contributed by atoms with Crippen molar-refractivity contribution < 1.29 is 0 Å². The zero-order valence-corrected chi connectivity index (χ0v) is 8.16. The van der Waals surface area contributed by atoms with Gasteiger partial charge in [0.1, 0.15) is 0 Å². The fourth-order valence-electron chi connectivity index (χ4n) is 1.83. The second-order valence-corrected chi connectivity index (χ2v) is 3.63. The van der Waals surface area contributed by atoms with Crippen molar-refractivity contribution in [1.29, 1.82) is 0 Å². The number of imidazole rings is 1. The van der Waals surface area contributed by atoms with Crippen LogP contribution in [0.3, 0.4) is 0 Å². The van der Waals surface area contributed by atoms with Crippen LogP contribution in [0.25, 0.3) is 0 Å². The molecular weight excluding hydrogens is 162 g/mol. The van der Waals surface area contributed by atoms with E-state index in [-0.39, 0.29) is 0 Å². The van der Waals surface area contributed by atoms with Gasteiger partial charge in [-0.25, -0.2) is 4.98 Å². The van der Waals surface area contributed by atoms with Gasteiger partial charge < -0.3 is 9.88 Å². The van der Waals surface area contributed by atoms with Crippen LogP contribution in [-0.4, -0.2) is 16.1 Å². The Hall–Kier alpha value is -0.830. The van der Waals surface area contributed by atoms with Gasteiger partial charge in [0.15, 0.2) is 0 Å². The Labute approximate surface area is 79.2 Å². The smallest absolute Gasteiger partial charge is 0.0950 e. The molecule has 1 aliphatic heterocycles. The van der Waals surface area contributed by atoms with Crippen molar-refractivity contribution in [3.05, 3.63) is 18.2 Å². The van der Waals surface area contributed by atoms with E-state index in [4.69, 9.17) is 0 Å². The molecule has 1 unspecified atom stereocenters. The Morgan fingerprint density at radius 2 is 2.54 bits per heavy atom. The first-order chi connectivity index (χ1) is 6.40. The zero-order valence-electron chi connectivity index (χ0n) is 8.16. The second-order valence-electron chi connectivity index (χ2n) is 3.63. The molecule has 1 saturated heterocycles. The number of rotatable bonds is 2. The Morgan fingerprint density at radius 3 is 3.15 bits per heavy atom. The molecule has 2 heterocycles. The maximum Gasteiger partial charge on any atom is 0.0950 e. The summed E-state index contributed by atoms with van der Waals surface area (Å²) in [5, 5.41) is 3.50. The molecule has 0 amide bonds. The number of piperidine rings is 1. The molecule has 0 bridgehead atoms. The van der Waals surface area contributed by atoms with Gasteiger partial charge in [0, 0.05) is 12.7 Å². The monoisotopic (exact) mass is 179 g/mol. The lowest BCUT2D eigenvalue weighted by Gasteiger charge is -2.21. The van der Waals surface area contributed by atoms with Crippen LogP contribution in [-0.2, 0) is 6.54 Å². The van der Waals surface area contributed by atoms with Gasteiger partial charge in [-0.2, -0.15) is 0 Å². The molecule has 2 rings (SSSR count).